The van der Waals surface area contributed by atoms with E-state index in [4.69, 9.17) is 4.74 Å². The molecule has 0 aliphatic heterocycles. The van der Waals surface area contributed by atoms with E-state index in [1.165, 1.54) is 57.8 Å². The van der Waals surface area contributed by atoms with E-state index in [0.717, 1.165) is 11.8 Å². The summed E-state index contributed by atoms with van der Waals surface area (Å²) in [6.07, 6.45) is 12.0. The number of rotatable bonds is 7. The summed E-state index contributed by atoms with van der Waals surface area (Å²) in [5.74, 6) is 2.56. The number of hydrogen-bond acceptors (Lipinski definition) is 3. The number of nitrogens with one attached hydrogen (secondary N) is 1. The van der Waals surface area contributed by atoms with E-state index in [2.05, 4.69) is 12.2 Å². The minimum absolute atomic E-state index is 0.344. The fraction of sp³-hybridized carbons (Fsp3) is 1.00. The molecule has 3 aliphatic rings. The Morgan fingerprint density at radius 3 is 2.71 bits per heavy atom. The molecule has 0 aromatic carbocycles. The molecule has 3 fully saturated rings. The normalized spacial score (nSPS) is 40.6. The first-order valence-corrected chi connectivity index (χ1v) is 9.29. The zero-order valence-electron chi connectivity index (χ0n) is 13.6. The van der Waals surface area contributed by atoms with Gasteiger partial charge in [0.15, 0.2) is 0 Å². The number of ether oxygens (including phenoxy) is 1. The van der Waals surface area contributed by atoms with Gasteiger partial charge in [0.05, 0.1) is 18.8 Å². The van der Waals surface area contributed by atoms with Crippen LogP contribution in [0.4, 0.5) is 0 Å². The van der Waals surface area contributed by atoms with Gasteiger partial charge in [-0.05, 0) is 49.9 Å². The van der Waals surface area contributed by atoms with E-state index < -0.39 is 0 Å². The molecule has 0 heterocycles. The molecule has 0 amide bonds. The van der Waals surface area contributed by atoms with E-state index in [-0.39, 0.29) is 6.10 Å². The molecule has 2 bridgehead atoms. The third-order valence-corrected chi connectivity index (χ3v) is 6.22. The fourth-order valence-electron chi connectivity index (χ4n) is 4.94. The maximum atomic E-state index is 10.2. The van der Waals surface area contributed by atoms with Crippen molar-refractivity contribution in [2.24, 2.45) is 17.8 Å². The molecular weight excluding hydrogens is 262 g/mol. The van der Waals surface area contributed by atoms with Crippen molar-refractivity contribution in [2.75, 3.05) is 13.2 Å². The molecule has 21 heavy (non-hydrogen) atoms. The summed E-state index contributed by atoms with van der Waals surface area (Å²) in [4.78, 5) is 0. The Morgan fingerprint density at radius 2 is 2.00 bits per heavy atom. The largest absolute Gasteiger partial charge is 0.389 e. The summed E-state index contributed by atoms with van der Waals surface area (Å²) in [6.45, 7) is 3.48. The average molecular weight is 295 g/mol. The lowest BCUT2D eigenvalue weighted by atomic mass is 9.85. The lowest BCUT2D eigenvalue weighted by Gasteiger charge is -2.31. The number of aliphatic hydroxyl groups is 1. The number of aliphatic hydroxyl groups excluding tert-OH is 1. The molecule has 0 saturated heterocycles. The summed E-state index contributed by atoms with van der Waals surface area (Å²) < 4.78 is 6.04. The molecule has 3 rings (SSSR count). The topological polar surface area (TPSA) is 41.5 Å². The monoisotopic (exact) mass is 295 g/mol. The van der Waals surface area contributed by atoms with Gasteiger partial charge in [-0.15, -0.1) is 0 Å². The van der Waals surface area contributed by atoms with Crippen LogP contribution in [0.2, 0.25) is 0 Å². The van der Waals surface area contributed by atoms with Crippen molar-refractivity contribution in [1.29, 1.82) is 0 Å². The second-order valence-corrected chi connectivity index (χ2v) is 7.67. The van der Waals surface area contributed by atoms with Crippen molar-refractivity contribution in [2.45, 2.75) is 83.0 Å². The van der Waals surface area contributed by atoms with Crippen LogP contribution in [0.3, 0.4) is 0 Å². The maximum absolute atomic E-state index is 10.2. The molecule has 2 N–H and O–H groups in total. The van der Waals surface area contributed by atoms with Crippen LogP contribution >= 0.6 is 0 Å². The summed E-state index contributed by atoms with van der Waals surface area (Å²) >= 11 is 0. The third-order valence-electron chi connectivity index (χ3n) is 6.22. The highest BCUT2D eigenvalue weighted by molar-refractivity contribution is 4.94. The van der Waals surface area contributed by atoms with Crippen molar-refractivity contribution in [1.82, 2.24) is 5.32 Å². The van der Waals surface area contributed by atoms with Crippen LogP contribution in [0.25, 0.3) is 0 Å². The van der Waals surface area contributed by atoms with Crippen LogP contribution in [0.1, 0.15) is 64.7 Å². The van der Waals surface area contributed by atoms with E-state index in [9.17, 15) is 5.11 Å². The fourth-order valence-corrected chi connectivity index (χ4v) is 4.94. The van der Waals surface area contributed by atoms with Crippen LogP contribution in [0.5, 0.6) is 0 Å². The molecule has 3 heteroatoms. The van der Waals surface area contributed by atoms with Crippen molar-refractivity contribution < 1.29 is 9.84 Å². The molecule has 6 atom stereocenters. The van der Waals surface area contributed by atoms with Gasteiger partial charge in [-0.2, -0.15) is 0 Å². The second kappa shape index (κ2) is 7.43. The highest BCUT2D eigenvalue weighted by atomic mass is 16.5. The Balaban J connectivity index is 1.33. The number of fused-ring (bicyclic) bond motifs is 2. The summed E-state index contributed by atoms with van der Waals surface area (Å²) in [6, 6.07) is 0.663. The minimum atomic E-state index is -0.344. The Bertz CT molecular complexity index is 322. The summed E-state index contributed by atoms with van der Waals surface area (Å²) in [5.41, 5.74) is 0. The van der Waals surface area contributed by atoms with E-state index >= 15 is 0 Å². The van der Waals surface area contributed by atoms with Crippen molar-refractivity contribution >= 4 is 0 Å². The van der Waals surface area contributed by atoms with Crippen LogP contribution < -0.4 is 5.32 Å². The van der Waals surface area contributed by atoms with Gasteiger partial charge in [-0.1, -0.05) is 32.6 Å². The Morgan fingerprint density at radius 1 is 1.14 bits per heavy atom. The zero-order valence-corrected chi connectivity index (χ0v) is 13.6. The molecule has 122 valence electrons. The van der Waals surface area contributed by atoms with Gasteiger partial charge in [-0.3, -0.25) is 0 Å². The van der Waals surface area contributed by atoms with Gasteiger partial charge in [0.2, 0.25) is 0 Å². The highest BCUT2D eigenvalue weighted by Gasteiger charge is 2.39. The van der Waals surface area contributed by atoms with Crippen LogP contribution in [0, 0.1) is 17.8 Å². The summed E-state index contributed by atoms with van der Waals surface area (Å²) in [5, 5.41) is 13.8. The third kappa shape index (κ3) is 4.00. The van der Waals surface area contributed by atoms with E-state index in [0.29, 0.717) is 31.2 Å². The van der Waals surface area contributed by atoms with Crippen LogP contribution in [-0.4, -0.2) is 36.5 Å². The summed E-state index contributed by atoms with van der Waals surface area (Å²) in [7, 11) is 0. The molecule has 0 spiro atoms. The maximum Gasteiger partial charge on any atom is 0.0897 e. The molecule has 3 saturated carbocycles. The zero-order chi connectivity index (χ0) is 14.7. The molecule has 3 nitrogen and oxygen atoms in total. The molecule has 6 unspecified atom stereocenters. The Kier molecular flexibility index (Phi) is 5.58. The quantitative estimate of drug-likeness (QED) is 0.758. The first-order chi connectivity index (χ1) is 10.3. The second-order valence-electron chi connectivity index (χ2n) is 7.67. The molecule has 3 aliphatic carbocycles. The predicted molar refractivity (Wildman–Crippen MR) is 85.2 cm³/mol. The highest BCUT2D eigenvalue weighted by Crippen LogP contribution is 2.44. The van der Waals surface area contributed by atoms with Gasteiger partial charge >= 0.3 is 0 Å². The van der Waals surface area contributed by atoms with Gasteiger partial charge in [0.1, 0.15) is 0 Å². The van der Waals surface area contributed by atoms with Crippen molar-refractivity contribution in [3.63, 3.8) is 0 Å². The van der Waals surface area contributed by atoms with Gasteiger partial charge < -0.3 is 15.2 Å². The molecular formula is C18H33NO2. The van der Waals surface area contributed by atoms with E-state index in [1.54, 1.807) is 0 Å². The Hall–Kier alpha value is -0.120. The van der Waals surface area contributed by atoms with Gasteiger partial charge in [0.25, 0.3) is 0 Å². The smallest absolute Gasteiger partial charge is 0.0897 e. The van der Waals surface area contributed by atoms with Crippen LogP contribution in [-0.2, 0) is 4.74 Å². The first kappa shape index (κ1) is 15.8. The number of hydrogen-bond donors (Lipinski definition) is 2. The van der Waals surface area contributed by atoms with Gasteiger partial charge in [-0.25, -0.2) is 0 Å². The lowest BCUT2D eigenvalue weighted by molar-refractivity contribution is -0.0505. The Labute approximate surface area is 129 Å². The standard InChI is InChI=1S/C18H33NO2/c1-2-14-5-3-4-6-18(14)21-12-16(20)11-19-17-10-13-7-8-15(17)9-13/h13-20H,2-12H2,1H3. The SMILES string of the molecule is CCC1CCCCC1OCC(O)CNC1CC2CCC1C2. The van der Waals surface area contributed by atoms with Crippen LogP contribution in [0.15, 0.2) is 0 Å². The van der Waals surface area contributed by atoms with Crippen molar-refractivity contribution in [3.8, 4) is 0 Å². The predicted octanol–water partition coefficient (Wildman–Crippen LogP) is 3.11. The lowest BCUT2D eigenvalue weighted by Crippen LogP contribution is -2.41. The first-order valence-electron chi connectivity index (χ1n) is 9.29. The van der Waals surface area contributed by atoms with E-state index in [1.807, 2.05) is 0 Å². The minimum Gasteiger partial charge on any atom is -0.389 e. The molecule has 0 aromatic heterocycles. The molecule has 0 radical (unpaired) electrons. The van der Waals surface area contributed by atoms with Crippen molar-refractivity contribution in [3.05, 3.63) is 0 Å². The average Bonchev–Trinajstić information content (AvgIpc) is 3.14. The molecule has 0 aromatic rings. The van der Waals surface area contributed by atoms with Gasteiger partial charge in [0, 0.05) is 12.6 Å².